The van der Waals surface area contributed by atoms with Gasteiger partial charge in [0.2, 0.25) is 0 Å². The molecule has 4 nitrogen and oxygen atoms in total. The van der Waals surface area contributed by atoms with Crippen molar-refractivity contribution in [3.63, 3.8) is 0 Å². The van der Waals surface area contributed by atoms with Crippen LogP contribution in [-0.4, -0.2) is 29.4 Å². The zero-order valence-electron chi connectivity index (χ0n) is 12.9. The van der Waals surface area contributed by atoms with Gasteiger partial charge in [0.25, 0.3) is 0 Å². The molecule has 3 rings (SSSR count). The van der Waals surface area contributed by atoms with Gasteiger partial charge in [-0.15, -0.1) is 0 Å². The largest absolute Gasteiger partial charge is 0.376 e. The van der Waals surface area contributed by atoms with Crippen molar-refractivity contribution in [3.8, 4) is 0 Å². The van der Waals surface area contributed by atoms with Gasteiger partial charge in [-0.3, -0.25) is 4.98 Å². The first kappa shape index (κ1) is 15.9. The Labute approximate surface area is 142 Å². The van der Waals surface area contributed by atoms with Crippen molar-refractivity contribution in [2.45, 2.75) is 25.0 Å². The van der Waals surface area contributed by atoms with Crippen molar-refractivity contribution >= 4 is 17.3 Å². The van der Waals surface area contributed by atoms with Crippen LogP contribution >= 0.6 is 12.2 Å². The molecule has 0 spiro atoms. The fourth-order valence-electron chi connectivity index (χ4n) is 2.75. The van der Waals surface area contributed by atoms with Crippen LogP contribution in [0, 0.1) is 0 Å². The second kappa shape index (κ2) is 8.04. The molecule has 23 heavy (non-hydrogen) atoms. The maximum absolute atomic E-state index is 5.62. The molecule has 1 aromatic heterocycles. The van der Waals surface area contributed by atoms with Crippen molar-refractivity contribution in [2.24, 2.45) is 0 Å². The molecule has 5 heteroatoms. The molecule has 1 fully saturated rings. The average Bonchev–Trinajstić information content (AvgIpc) is 3.13. The van der Waals surface area contributed by atoms with Gasteiger partial charge in [0.1, 0.15) is 0 Å². The third-order valence-electron chi connectivity index (χ3n) is 3.96. The highest BCUT2D eigenvalue weighted by Crippen LogP contribution is 2.21. The zero-order valence-corrected chi connectivity index (χ0v) is 13.8. The Bertz CT molecular complexity index is 575. The van der Waals surface area contributed by atoms with Crippen molar-refractivity contribution in [1.82, 2.24) is 15.6 Å². The molecule has 0 aliphatic carbocycles. The molecule has 1 aromatic carbocycles. The highest BCUT2D eigenvalue weighted by molar-refractivity contribution is 7.80. The van der Waals surface area contributed by atoms with E-state index in [0.717, 1.165) is 31.6 Å². The molecule has 2 atom stereocenters. The molecule has 1 aliphatic heterocycles. The molecular formula is C18H21N3OS. The number of ether oxygens (including phenoxy) is 1. The Morgan fingerprint density at radius 3 is 2.61 bits per heavy atom. The Kier molecular flexibility index (Phi) is 5.56. The molecule has 2 N–H and O–H groups in total. The normalized spacial score (nSPS) is 18.3. The highest BCUT2D eigenvalue weighted by atomic mass is 32.1. The van der Waals surface area contributed by atoms with Gasteiger partial charge in [0.15, 0.2) is 5.11 Å². The molecule has 0 bridgehead atoms. The minimum Gasteiger partial charge on any atom is -0.376 e. The second-order valence-electron chi connectivity index (χ2n) is 5.61. The third kappa shape index (κ3) is 4.50. The van der Waals surface area contributed by atoms with Gasteiger partial charge in [-0.05, 0) is 48.3 Å². The quantitative estimate of drug-likeness (QED) is 0.827. The van der Waals surface area contributed by atoms with E-state index in [2.05, 4.69) is 27.8 Å². The molecule has 0 amide bonds. The highest BCUT2D eigenvalue weighted by Gasteiger charge is 2.18. The Hall–Kier alpha value is -1.98. The summed E-state index contributed by atoms with van der Waals surface area (Å²) in [4.78, 5) is 4.10. The van der Waals surface area contributed by atoms with E-state index in [0.29, 0.717) is 5.11 Å². The first-order chi connectivity index (χ1) is 11.3. The van der Waals surface area contributed by atoms with Gasteiger partial charge in [0.05, 0.1) is 12.1 Å². The van der Waals surface area contributed by atoms with Crippen LogP contribution in [0.25, 0.3) is 0 Å². The van der Waals surface area contributed by atoms with Crippen molar-refractivity contribution in [3.05, 3.63) is 66.0 Å². The van der Waals surface area contributed by atoms with E-state index in [1.165, 1.54) is 5.56 Å². The van der Waals surface area contributed by atoms with E-state index in [-0.39, 0.29) is 12.1 Å². The number of rotatable bonds is 5. The van der Waals surface area contributed by atoms with Gasteiger partial charge < -0.3 is 15.4 Å². The molecule has 1 saturated heterocycles. The van der Waals surface area contributed by atoms with E-state index < -0.39 is 0 Å². The third-order valence-corrected chi connectivity index (χ3v) is 4.22. The summed E-state index contributed by atoms with van der Waals surface area (Å²) in [6, 6.07) is 14.3. The van der Waals surface area contributed by atoms with Gasteiger partial charge in [-0.1, -0.05) is 30.3 Å². The number of nitrogens with zero attached hydrogens (tertiary/aromatic N) is 1. The molecule has 0 saturated carbocycles. The minimum absolute atomic E-state index is 0.00342. The van der Waals surface area contributed by atoms with Crippen molar-refractivity contribution in [1.29, 1.82) is 0 Å². The Morgan fingerprint density at radius 2 is 1.91 bits per heavy atom. The fourth-order valence-corrected chi connectivity index (χ4v) is 2.96. The van der Waals surface area contributed by atoms with Gasteiger partial charge >= 0.3 is 0 Å². The number of benzene rings is 1. The van der Waals surface area contributed by atoms with E-state index in [9.17, 15) is 0 Å². The van der Waals surface area contributed by atoms with Crippen LogP contribution in [0.1, 0.15) is 30.0 Å². The number of hydrogen-bond acceptors (Lipinski definition) is 3. The summed E-state index contributed by atoms with van der Waals surface area (Å²) in [6.45, 7) is 1.61. The van der Waals surface area contributed by atoms with Gasteiger partial charge in [-0.25, -0.2) is 0 Å². The first-order valence-electron chi connectivity index (χ1n) is 7.94. The van der Waals surface area contributed by atoms with E-state index in [4.69, 9.17) is 17.0 Å². The Balaban J connectivity index is 1.67. The number of aromatic nitrogens is 1. The first-order valence-corrected chi connectivity index (χ1v) is 8.34. The predicted octanol–water partition coefficient (Wildman–Crippen LogP) is 2.81. The van der Waals surface area contributed by atoms with Crippen LogP contribution in [0.5, 0.6) is 0 Å². The smallest absolute Gasteiger partial charge is 0.167 e. The number of thiocarbonyl (C=S) groups is 1. The molecular weight excluding hydrogens is 306 g/mol. The zero-order chi connectivity index (χ0) is 15.9. The standard InChI is InChI=1S/C18H21N3OS/c23-18(20-13-16-7-4-12-22-16)21-17(14-5-2-1-3-6-14)15-8-10-19-11-9-15/h1-3,5-6,8-11,16-17H,4,7,12-13H2,(H2,20,21,23)/t16-,17+/m1/s1. The lowest BCUT2D eigenvalue weighted by molar-refractivity contribution is 0.114. The molecule has 0 unspecified atom stereocenters. The van der Waals surface area contributed by atoms with E-state index in [1.807, 2.05) is 30.3 Å². The molecule has 2 heterocycles. The van der Waals surface area contributed by atoms with E-state index in [1.54, 1.807) is 12.4 Å². The lowest BCUT2D eigenvalue weighted by atomic mass is 10.00. The summed E-state index contributed by atoms with van der Waals surface area (Å²) in [5.41, 5.74) is 2.30. The number of hydrogen-bond donors (Lipinski definition) is 2. The number of nitrogens with one attached hydrogen (secondary N) is 2. The monoisotopic (exact) mass is 327 g/mol. The summed E-state index contributed by atoms with van der Waals surface area (Å²) in [6.07, 6.45) is 6.11. The lowest BCUT2D eigenvalue weighted by Gasteiger charge is -2.22. The van der Waals surface area contributed by atoms with Crippen LogP contribution in [0.15, 0.2) is 54.9 Å². The molecule has 2 aromatic rings. The molecule has 120 valence electrons. The molecule has 1 aliphatic rings. The number of pyridine rings is 1. The second-order valence-corrected chi connectivity index (χ2v) is 6.02. The van der Waals surface area contributed by atoms with Crippen LogP contribution in [0.3, 0.4) is 0 Å². The molecule has 0 radical (unpaired) electrons. The van der Waals surface area contributed by atoms with Gasteiger partial charge in [0, 0.05) is 25.5 Å². The fraction of sp³-hybridized carbons (Fsp3) is 0.333. The maximum atomic E-state index is 5.62. The lowest BCUT2D eigenvalue weighted by Crippen LogP contribution is -2.41. The van der Waals surface area contributed by atoms with Crippen molar-refractivity contribution in [2.75, 3.05) is 13.2 Å². The Morgan fingerprint density at radius 1 is 1.17 bits per heavy atom. The van der Waals surface area contributed by atoms with Crippen LogP contribution < -0.4 is 10.6 Å². The summed E-state index contributed by atoms with van der Waals surface area (Å²) >= 11 is 5.47. The maximum Gasteiger partial charge on any atom is 0.167 e. The summed E-state index contributed by atoms with van der Waals surface area (Å²) < 4.78 is 5.62. The SMILES string of the molecule is S=C(NC[C@H]1CCCO1)N[C@@H](c1ccccc1)c1ccncc1. The summed E-state index contributed by atoms with van der Waals surface area (Å²) in [5, 5.41) is 7.33. The predicted molar refractivity (Wildman–Crippen MR) is 95.2 cm³/mol. The van der Waals surface area contributed by atoms with Crippen LogP contribution in [0.4, 0.5) is 0 Å². The topological polar surface area (TPSA) is 46.2 Å². The van der Waals surface area contributed by atoms with Crippen LogP contribution in [-0.2, 0) is 4.74 Å². The van der Waals surface area contributed by atoms with E-state index >= 15 is 0 Å². The summed E-state index contributed by atoms with van der Waals surface area (Å²) in [7, 11) is 0. The van der Waals surface area contributed by atoms with Crippen LogP contribution in [0.2, 0.25) is 0 Å². The summed E-state index contributed by atoms with van der Waals surface area (Å²) in [5.74, 6) is 0. The minimum atomic E-state index is 0.00342. The van der Waals surface area contributed by atoms with Gasteiger partial charge in [-0.2, -0.15) is 0 Å². The van der Waals surface area contributed by atoms with Crippen molar-refractivity contribution < 1.29 is 4.74 Å². The average molecular weight is 327 g/mol.